The molecular weight excluding hydrogens is 538 g/mol. The lowest BCUT2D eigenvalue weighted by atomic mass is 9.70. The Kier molecular flexibility index (Phi) is 8.94. The Morgan fingerprint density at radius 3 is 2.54 bits per heavy atom. The molecule has 0 radical (unpaired) electrons. The average molecular weight is 580 g/mol. The molecule has 5 rings (SSSR count). The molecule has 8 nitrogen and oxygen atoms in total. The second-order valence-corrected chi connectivity index (χ2v) is 13.1. The summed E-state index contributed by atoms with van der Waals surface area (Å²) >= 11 is 1.68. The van der Waals surface area contributed by atoms with Crippen LogP contribution in [-0.2, 0) is 14.4 Å². The van der Waals surface area contributed by atoms with Crippen LogP contribution in [0.15, 0.2) is 42.5 Å². The number of thioether (sulfide) groups is 1. The molecule has 3 saturated heterocycles. The molecule has 5 atom stereocenters. The summed E-state index contributed by atoms with van der Waals surface area (Å²) in [7, 11) is 0. The fourth-order valence-electron chi connectivity index (χ4n) is 6.84. The summed E-state index contributed by atoms with van der Waals surface area (Å²) < 4.78 is 4.89. The Morgan fingerprint density at radius 1 is 1.05 bits per heavy atom. The summed E-state index contributed by atoms with van der Waals surface area (Å²) in [6.07, 6.45) is 4.74. The standard InChI is InChI=1S/C32H41N3O5S/c1-4-40-23-13-11-22(12-14-23)33-29(37)26-25-15-16-32(41-25)27(26)31(39)35(17-7-5-6-8-18-36)28(32)30(38)34-24-19-20(2)9-10-21(24)3/h9-14,19,25-28,36H,4-8,15-18H2,1-3H3,(H,33,37)(H,34,38)/t25-,26+,27+,28?,32?/m1/s1. The fraction of sp³-hybridized carbons (Fsp3) is 0.531. The van der Waals surface area contributed by atoms with E-state index in [1.54, 1.807) is 16.7 Å². The van der Waals surface area contributed by atoms with Crippen molar-refractivity contribution in [3.05, 3.63) is 53.6 Å². The van der Waals surface area contributed by atoms with Crippen molar-refractivity contribution in [2.75, 3.05) is 30.4 Å². The summed E-state index contributed by atoms with van der Waals surface area (Å²) in [5.41, 5.74) is 3.43. The number of nitrogens with one attached hydrogen (secondary N) is 2. The number of aliphatic hydroxyl groups is 1. The zero-order chi connectivity index (χ0) is 29.1. The molecule has 2 bridgehead atoms. The number of carbonyl (C=O) groups is 3. The van der Waals surface area contributed by atoms with E-state index in [1.807, 2.05) is 63.2 Å². The van der Waals surface area contributed by atoms with Gasteiger partial charge in [-0.25, -0.2) is 0 Å². The maximum absolute atomic E-state index is 14.2. The normalized spacial score (nSPS) is 26.2. The molecule has 0 aliphatic carbocycles. The lowest BCUT2D eigenvalue weighted by molar-refractivity contribution is -0.138. The summed E-state index contributed by atoms with van der Waals surface area (Å²) in [4.78, 5) is 43.7. The van der Waals surface area contributed by atoms with Crippen molar-refractivity contribution >= 4 is 40.9 Å². The quantitative estimate of drug-likeness (QED) is 0.308. The molecule has 0 aromatic heterocycles. The molecule has 3 amide bonds. The summed E-state index contributed by atoms with van der Waals surface area (Å²) in [6, 6.07) is 12.6. The zero-order valence-electron chi connectivity index (χ0n) is 24.2. The van der Waals surface area contributed by atoms with Crippen LogP contribution in [-0.4, -0.2) is 63.5 Å². The van der Waals surface area contributed by atoms with Crippen LogP contribution in [0, 0.1) is 25.7 Å². The van der Waals surface area contributed by atoms with Crippen molar-refractivity contribution in [1.82, 2.24) is 4.90 Å². The highest BCUT2D eigenvalue weighted by atomic mass is 32.2. The molecule has 2 aromatic rings. The lowest BCUT2D eigenvalue weighted by Crippen LogP contribution is -2.51. The van der Waals surface area contributed by atoms with Gasteiger partial charge in [0, 0.05) is 29.8 Å². The van der Waals surface area contributed by atoms with Gasteiger partial charge >= 0.3 is 0 Å². The van der Waals surface area contributed by atoms with E-state index < -0.39 is 22.6 Å². The SMILES string of the molecule is CCOc1ccc(NC(=O)[C@@H]2[C@H]3C(=O)N(CCCCCCO)C(C(=O)Nc4cc(C)ccc4C)C34CC[C@H]2S4)cc1. The number of hydrogen-bond donors (Lipinski definition) is 3. The first kappa shape index (κ1) is 29.5. The fourth-order valence-corrected chi connectivity index (χ4v) is 9.06. The minimum absolute atomic E-state index is 0.00522. The van der Waals surface area contributed by atoms with Crippen LogP contribution in [0.3, 0.4) is 0 Å². The van der Waals surface area contributed by atoms with E-state index in [0.29, 0.717) is 18.8 Å². The third-order valence-electron chi connectivity index (χ3n) is 8.74. The van der Waals surface area contributed by atoms with E-state index >= 15 is 0 Å². The van der Waals surface area contributed by atoms with E-state index in [4.69, 9.17) is 9.84 Å². The molecule has 41 heavy (non-hydrogen) atoms. The van der Waals surface area contributed by atoms with E-state index in [1.165, 1.54) is 0 Å². The summed E-state index contributed by atoms with van der Waals surface area (Å²) in [6.45, 7) is 7.05. The van der Waals surface area contributed by atoms with Crippen molar-refractivity contribution < 1.29 is 24.2 Å². The van der Waals surface area contributed by atoms with Crippen molar-refractivity contribution in [3.8, 4) is 5.75 Å². The van der Waals surface area contributed by atoms with Gasteiger partial charge < -0.3 is 25.4 Å². The van der Waals surface area contributed by atoms with Gasteiger partial charge in [-0.05, 0) is 87.9 Å². The molecule has 220 valence electrons. The number of ether oxygens (including phenoxy) is 1. The highest BCUT2D eigenvalue weighted by molar-refractivity contribution is 8.02. The van der Waals surface area contributed by atoms with Crippen LogP contribution in [0.1, 0.15) is 56.6 Å². The van der Waals surface area contributed by atoms with E-state index in [2.05, 4.69) is 10.6 Å². The number of aliphatic hydroxyl groups excluding tert-OH is 1. The molecule has 2 unspecified atom stereocenters. The van der Waals surface area contributed by atoms with Crippen LogP contribution >= 0.6 is 11.8 Å². The average Bonchev–Trinajstić information content (AvgIpc) is 3.59. The minimum Gasteiger partial charge on any atom is -0.494 e. The smallest absolute Gasteiger partial charge is 0.248 e. The van der Waals surface area contributed by atoms with Crippen LogP contribution < -0.4 is 15.4 Å². The first-order valence-electron chi connectivity index (χ1n) is 14.8. The van der Waals surface area contributed by atoms with Gasteiger partial charge in [0.25, 0.3) is 0 Å². The van der Waals surface area contributed by atoms with Gasteiger partial charge in [-0.1, -0.05) is 25.0 Å². The minimum atomic E-state index is -0.643. The molecule has 9 heteroatoms. The van der Waals surface area contributed by atoms with Gasteiger partial charge in [0.1, 0.15) is 11.8 Å². The molecule has 3 aliphatic heterocycles. The van der Waals surface area contributed by atoms with Crippen molar-refractivity contribution in [2.24, 2.45) is 11.8 Å². The predicted molar refractivity (Wildman–Crippen MR) is 162 cm³/mol. The molecule has 3 heterocycles. The Hall–Kier alpha value is -3.04. The second-order valence-electron chi connectivity index (χ2n) is 11.5. The van der Waals surface area contributed by atoms with Gasteiger partial charge in [-0.2, -0.15) is 0 Å². The highest BCUT2D eigenvalue weighted by Crippen LogP contribution is 2.66. The van der Waals surface area contributed by atoms with Crippen molar-refractivity contribution in [3.63, 3.8) is 0 Å². The van der Waals surface area contributed by atoms with Gasteiger partial charge in [-0.3, -0.25) is 14.4 Å². The topological polar surface area (TPSA) is 108 Å². The Morgan fingerprint density at radius 2 is 1.80 bits per heavy atom. The maximum atomic E-state index is 14.2. The number of anilines is 2. The molecule has 1 spiro atoms. The van der Waals surface area contributed by atoms with Gasteiger partial charge in [0.15, 0.2) is 0 Å². The van der Waals surface area contributed by atoms with Gasteiger partial charge in [0.2, 0.25) is 17.7 Å². The predicted octanol–water partition coefficient (Wildman–Crippen LogP) is 4.92. The number of amides is 3. The lowest BCUT2D eigenvalue weighted by Gasteiger charge is -2.34. The number of unbranched alkanes of at least 4 members (excludes halogenated alkanes) is 3. The van der Waals surface area contributed by atoms with Crippen LogP contribution in [0.4, 0.5) is 11.4 Å². The van der Waals surface area contributed by atoms with E-state index in [-0.39, 0.29) is 29.6 Å². The Bertz CT molecular complexity index is 1280. The van der Waals surface area contributed by atoms with Crippen LogP contribution in [0.5, 0.6) is 5.75 Å². The third kappa shape index (κ3) is 5.71. The number of benzene rings is 2. The number of carbonyl (C=O) groups excluding carboxylic acids is 3. The van der Waals surface area contributed by atoms with E-state index in [9.17, 15) is 14.4 Å². The maximum Gasteiger partial charge on any atom is 0.248 e. The molecule has 3 N–H and O–H groups in total. The molecule has 3 aliphatic rings. The zero-order valence-corrected chi connectivity index (χ0v) is 25.0. The Balaban J connectivity index is 1.40. The first-order chi connectivity index (χ1) is 19.8. The largest absolute Gasteiger partial charge is 0.494 e. The van der Waals surface area contributed by atoms with Gasteiger partial charge in [0.05, 0.1) is 23.2 Å². The first-order valence-corrected chi connectivity index (χ1v) is 15.7. The highest BCUT2D eigenvalue weighted by Gasteiger charge is 2.73. The molecule has 0 saturated carbocycles. The summed E-state index contributed by atoms with van der Waals surface area (Å²) in [5.74, 6) is -0.729. The number of hydrogen-bond acceptors (Lipinski definition) is 6. The third-order valence-corrected chi connectivity index (χ3v) is 10.7. The van der Waals surface area contributed by atoms with Crippen molar-refractivity contribution in [2.45, 2.75) is 75.3 Å². The second kappa shape index (κ2) is 12.4. The molecule has 3 fully saturated rings. The summed E-state index contributed by atoms with van der Waals surface area (Å²) in [5, 5.41) is 15.3. The number of aryl methyl sites for hydroxylation is 2. The monoisotopic (exact) mass is 579 g/mol. The number of nitrogens with zero attached hydrogens (tertiary/aromatic N) is 1. The molecular formula is C32H41N3O5S. The van der Waals surface area contributed by atoms with Gasteiger partial charge in [-0.15, -0.1) is 11.8 Å². The van der Waals surface area contributed by atoms with Crippen LogP contribution in [0.2, 0.25) is 0 Å². The molecule has 2 aromatic carbocycles. The van der Waals surface area contributed by atoms with Crippen molar-refractivity contribution in [1.29, 1.82) is 0 Å². The van der Waals surface area contributed by atoms with E-state index in [0.717, 1.165) is 61.1 Å². The number of fused-ring (bicyclic) bond motifs is 1. The number of likely N-dealkylation sites (tertiary alicyclic amines) is 1. The van der Waals surface area contributed by atoms with Crippen LogP contribution in [0.25, 0.3) is 0 Å². The number of rotatable bonds is 12. The Labute approximate surface area is 246 Å².